The van der Waals surface area contributed by atoms with E-state index < -0.39 is 6.23 Å². The van der Waals surface area contributed by atoms with Gasteiger partial charge in [0, 0.05) is 12.6 Å². The first-order valence-electron chi connectivity index (χ1n) is 5.96. The average Bonchev–Trinajstić information content (AvgIpc) is 2.44. The van der Waals surface area contributed by atoms with Crippen molar-refractivity contribution in [3.05, 3.63) is 41.0 Å². The van der Waals surface area contributed by atoms with Crippen molar-refractivity contribution in [2.24, 2.45) is 0 Å². The molecule has 98 valence electrons. The zero-order chi connectivity index (χ0) is 13.4. The molecule has 2 aromatic rings. The number of hydrogen-bond acceptors (Lipinski definition) is 4. The first-order valence-corrected chi connectivity index (χ1v) is 6.76. The lowest BCUT2D eigenvalue weighted by Crippen LogP contribution is -2.40. The summed E-state index contributed by atoms with van der Waals surface area (Å²) in [5, 5.41) is 9.82. The zero-order valence-electron chi connectivity index (χ0n) is 10.4. The number of nitrogens with zero attached hydrogens (tertiary/aromatic N) is 2. The molecule has 0 spiro atoms. The topological polar surface area (TPSA) is 45.6 Å². The summed E-state index contributed by atoms with van der Waals surface area (Å²) in [4.78, 5) is 6.19. The second-order valence-corrected chi connectivity index (χ2v) is 5.17. The van der Waals surface area contributed by atoms with Gasteiger partial charge in [-0.05, 0) is 27.6 Å². The number of likely N-dealkylation sites (N-methyl/N-ethyl adjacent to an activating group) is 1. The molecule has 3 rings (SSSR count). The van der Waals surface area contributed by atoms with Gasteiger partial charge in [0.05, 0.1) is 0 Å². The summed E-state index contributed by atoms with van der Waals surface area (Å²) in [5.41, 5.74) is 2.84. The number of rotatable bonds is 1. The van der Waals surface area contributed by atoms with Gasteiger partial charge in [-0.1, -0.05) is 30.3 Å². The van der Waals surface area contributed by atoms with E-state index in [0.29, 0.717) is 5.88 Å². The fraction of sp³-hybridized carbons (Fsp3) is 0.214. The van der Waals surface area contributed by atoms with E-state index in [-0.39, 0.29) is 6.61 Å². The maximum Gasteiger partial charge on any atom is 0.238 e. The highest BCUT2D eigenvalue weighted by molar-refractivity contribution is 9.10. The van der Waals surface area contributed by atoms with Crippen molar-refractivity contribution in [3.63, 3.8) is 0 Å². The number of fused-ring (bicyclic) bond motifs is 1. The Balaban J connectivity index is 2.13. The van der Waals surface area contributed by atoms with E-state index in [2.05, 4.69) is 20.9 Å². The van der Waals surface area contributed by atoms with Crippen LogP contribution in [-0.2, 0) is 0 Å². The van der Waals surface area contributed by atoms with Gasteiger partial charge >= 0.3 is 0 Å². The number of pyridine rings is 1. The summed E-state index contributed by atoms with van der Waals surface area (Å²) in [7, 11) is 1.83. The molecule has 0 fully saturated rings. The molecule has 1 unspecified atom stereocenters. The summed E-state index contributed by atoms with van der Waals surface area (Å²) in [6, 6.07) is 12.0. The molecule has 5 heteroatoms. The van der Waals surface area contributed by atoms with Gasteiger partial charge in [-0.25, -0.2) is 4.98 Å². The molecule has 0 aliphatic carbocycles. The van der Waals surface area contributed by atoms with Crippen molar-refractivity contribution in [1.29, 1.82) is 0 Å². The molecule has 0 bridgehead atoms. The van der Waals surface area contributed by atoms with Crippen LogP contribution < -0.4 is 9.64 Å². The Labute approximate surface area is 119 Å². The fourth-order valence-corrected chi connectivity index (χ4v) is 2.57. The van der Waals surface area contributed by atoms with E-state index in [1.165, 1.54) is 0 Å². The molecular formula is C14H13BrN2O2. The molecule has 0 amide bonds. The normalized spacial score (nSPS) is 17.8. The first kappa shape index (κ1) is 12.4. The second-order valence-electron chi connectivity index (χ2n) is 4.42. The van der Waals surface area contributed by atoms with E-state index in [4.69, 9.17) is 4.74 Å². The average molecular weight is 321 g/mol. The molecule has 0 saturated carbocycles. The van der Waals surface area contributed by atoms with Crippen LogP contribution in [0.2, 0.25) is 0 Å². The highest BCUT2D eigenvalue weighted by Gasteiger charge is 2.25. The van der Waals surface area contributed by atoms with Gasteiger partial charge in [0.15, 0.2) is 6.23 Å². The standard InChI is InChI=1S/C14H13BrN2O2/c1-17-11-7-10(9-5-3-2-4-6-9)13(15)16-14(11)19-8-12(17)18/h2-7,12,18H,8H2,1H3. The van der Waals surface area contributed by atoms with Gasteiger partial charge < -0.3 is 14.7 Å². The minimum absolute atomic E-state index is 0.230. The monoisotopic (exact) mass is 320 g/mol. The molecule has 4 nitrogen and oxygen atoms in total. The zero-order valence-corrected chi connectivity index (χ0v) is 12.0. The lowest BCUT2D eigenvalue weighted by Gasteiger charge is -2.32. The molecule has 0 radical (unpaired) electrons. The smallest absolute Gasteiger partial charge is 0.238 e. The van der Waals surface area contributed by atoms with Crippen molar-refractivity contribution in [3.8, 4) is 17.0 Å². The third-order valence-electron chi connectivity index (χ3n) is 3.20. The molecule has 1 N–H and O–H groups in total. The number of aromatic nitrogens is 1. The second kappa shape index (κ2) is 4.83. The number of halogens is 1. The molecule has 1 atom stereocenters. The number of benzene rings is 1. The predicted octanol–water partition coefficient (Wildman–Crippen LogP) is 2.66. The van der Waals surface area contributed by atoms with E-state index in [1.54, 1.807) is 4.90 Å². The molecule has 1 aromatic carbocycles. The first-order chi connectivity index (χ1) is 9.16. The van der Waals surface area contributed by atoms with Crippen LogP contribution in [0.25, 0.3) is 11.1 Å². The Kier molecular flexibility index (Phi) is 3.16. The number of aliphatic hydroxyl groups excluding tert-OH is 1. The van der Waals surface area contributed by atoms with Gasteiger partial charge in [0.25, 0.3) is 0 Å². The number of anilines is 1. The molecule has 1 aliphatic heterocycles. The minimum Gasteiger partial charge on any atom is -0.471 e. The third kappa shape index (κ3) is 2.19. The summed E-state index contributed by atoms with van der Waals surface area (Å²) in [5.74, 6) is 0.541. The Morgan fingerprint density at radius 2 is 2.11 bits per heavy atom. The van der Waals surface area contributed by atoms with Crippen molar-refractivity contribution in [2.45, 2.75) is 6.23 Å². The van der Waals surface area contributed by atoms with Gasteiger partial charge in [-0.2, -0.15) is 0 Å². The maximum atomic E-state index is 9.82. The largest absolute Gasteiger partial charge is 0.471 e. The molecule has 1 aliphatic rings. The number of hydrogen-bond donors (Lipinski definition) is 1. The van der Waals surface area contributed by atoms with Crippen LogP contribution in [0.3, 0.4) is 0 Å². The summed E-state index contributed by atoms with van der Waals surface area (Å²) < 4.78 is 6.18. The number of aliphatic hydroxyl groups is 1. The molecule has 1 aromatic heterocycles. The quantitative estimate of drug-likeness (QED) is 0.820. The molecule has 19 heavy (non-hydrogen) atoms. The summed E-state index contributed by atoms with van der Waals surface area (Å²) >= 11 is 3.48. The van der Waals surface area contributed by atoms with E-state index in [9.17, 15) is 5.11 Å². The SMILES string of the molecule is CN1c2cc(-c3ccccc3)c(Br)nc2OCC1O. The van der Waals surface area contributed by atoms with Gasteiger partial charge in [0.1, 0.15) is 16.9 Å². The minimum atomic E-state index is -0.640. The van der Waals surface area contributed by atoms with Crippen LogP contribution >= 0.6 is 15.9 Å². The van der Waals surface area contributed by atoms with Crippen LogP contribution in [0.4, 0.5) is 5.69 Å². The fourth-order valence-electron chi connectivity index (χ4n) is 2.07. The van der Waals surface area contributed by atoms with Crippen LogP contribution in [0, 0.1) is 0 Å². The van der Waals surface area contributed by atoms with E-state index >= 15 is 0 Å². The van der Waals surface area contributed by atoms with Crippen LogP contribution in [0.5, 0.6) is 5.88 Å². The third-order valence-corrected chi connectivity index (χ3v) is 3.81. The van der Waals surface area contributed by atoms with E-state index in [0.717, 1.165) is 21.4 Å². The number of ether oxygens (including phenoxy) is 1. The highest BCUT2D eigenvalue weighted by atomic mass is 79.9. The lowest BCUT2D eigenvalue weighted by atomic mass is 10.1. The van der Waals surface area contributed by atoms with Gasteiger partial charge in [-0.15, -0.1) is 0 Å². The Morgan fingerprint density at radius 1 is 1.37 bits per heavy atom. The van der Waals surface area contributed by atoms with Crippen LogP contribution in [0.1, 0.15) is 0 Å². The summed E-state index contributed by atoms with van der Waals surface area (Å²) in [6.45, 7) is 0.230. The molecule has 2 heterocycles. The maximum absolute atomic E-state index is 9.82. The van der Waals surface area contributed by atoms with Crippen LogP contribution in [0.15, 0.2) is 41.0 Å². The predicted molar refractivity (Wildman–Crippen MR) is 77.3 cm³/mol. The van der Waals surface area contributed by atoms with Crippen molar-refractivity contribution in [1.82, 2.24) is 4.98 Å². The van der Waals surface area contributed by atoms with Gasteiger partial charge in [0.2, 0.25) is 5.88 Å². The highest BCUT2D eigenvalue weighted by Crippen LogP contribution is 2.38. The van der Waals surface area contributed by atoms with Crippen molar-refractivity contribution < 1.29 is 9.84 Å². The Bertz CT molecular complexity index is 604. The summed E-state index contributed by atoms with van der Waals surface area (Å²) in [6.07, 6.45) is -0.640. The molecular weight excluding hydrogens is 308 g/mol. The Hall–Kier alpha value is -1.59. The molecule has 0 saturated heterocycles. The van der Waals surface area contributed by atoms with Gasteiger partial charge in [-0.3, -0.25) is 0 Å². The Morgan fingerprint density at radius 3 is 2.84 bits per heavy atom. The van der Waals surface area contributed by atoms with Crippen LogP contribution in [-0.4, -0.2) is 30.0 Å². The lowest BCUT2D eigenvalue weighted by molar-refractivity contribution is 0.0923. The van der Waals surface area contributed by atoms with Crippen molar-refractivity contribution in [2.75, 3.05) is 18.6 Å². The van der Waals surface area contributed by atoms with Crippen molar-refractivity contribution >= 4 is 21.6 Å². The van der Waals surface area contributed by atoms with E-state index in [1.807, 2.05) is 43.4 Å².